The molecule has 1 fully saturated rings. The first-order valence-corrected chi connectivity index (χ1v) is 9.07. The molecule has 3 aromatic rings. The lowest BCUT2D eigenvalue weighted by atomic mass is 10.1. The minimum absolute atomic E-state index is 0.00399. The summed E-state index contributed by atoms with van der Waals surface area (Å²) in [6, 6.07) is 17.4. The number of aryl methyl sites for hydroxylation is 1. The molecule has 0 amide bonds. The third-order valence-corrected chi connectivity index (χ3v) is 4.78. The molecule has 27 heavy (non-hydrogen) atoms. The third kappa shape index (κ3) is 3.53. The van der Waals surface area contributed by atoms with Crippen LogP contribution in [0.5, 0.6) is 0 Å². The maximum Gasteiger partial charge on any atom is 0.342 e. The zero-order valence-electron chi connectivity index (χ0n) is 15.1. The minimum atomic E-state index is -0.636. The van der Waals surface area contributed by atoms with E-state index < -0.39 is 12.1 Å². The fourth-order valence-electron chi connectivity index (χ4n) is 3.26. The number of ether oxygens (including phenoxy) is 1. The van der Waals surface area contributed by atoms with Gasteiger partial charge in [0.15, 0.2) is 11.9 Å². The first kappa shape index (κ1) is 17.2. The lowest BCUT2D eigenvalue weighted by Gasteiger charge is -2.10. The average molecular weight is 360 g/mol. The molecular weight excluding hydrogens is 340 g/mol. The Bertz CT molecular complexity index is 975. The van der Waals surface area contributed by atoms with Gasteiger partial charge in [0.1, 0.15) is 11.3 Å². The molecule has 1 aliphatic carbocycles. The molecule has 4 rings (SSSR count). The molecule has 0 spiro atoms. The molecule has 0 bridgehead atoms. The molecule has 5 nitrogen and oxygen atoms in total. The second kappa shape index (κ2) is 7.19. The molecule has 2 aromatic carbocycles. The summed E-state index contributed by atoms with van der Waals surface area (Å²) in [5.74, 6) is -0.510. The van der Waals surface area contributed by atoms with Crippen molar-refractivity contribution in [1.29, 1.82) is 0 Å². The van der Waals surface area contributed by atoms with Crippen molar-refractivity contribution in [3.05, 3.63) is 71.9 Å². The normalized spacial score (nSPS) is 16.5. The van der Waals surface area contributed by atoms with Gasteiger partial charge in [-0.3, -0.25) is 4.79 Å². The number of nitrogens with zero attached hydrogens (tertiary/aromatic N) is 2. The Morgan fingerprint density at radius 1 is 1.11 bits per heavy atom. The molecule has 1 saturated carbocycles. The lowest BCUT2D eigenvalue weighted by molar-refractivity contribution is -0.124. The van der Waals surface area contributed by atoms with Gasteiger partial charge in [-0.25, -0.2) is 9.48 Å². The van der Waals surface area contributed by atoms with Crippen LogP contribution in [0.2, 0.25) is 0 Å². The summed E-state index contributed by atoms with van der Waals surface area (Å²) in [6.45, 7) is 2.01. The fraction of sp³-hybridized carbons (Fsp3) is 0.227. The van der Waals surface area contributed by atoms with Gasteiger partial charge >= 0.3 is 5.97 Å². The molecule has 0 radical (unpaired) electrons. The first-order chi connectivity index (χ1) is 13.1. The van der Waals surface area contributed by atoms with Crippen LogP contribution < -0.4 is 0 Å². The summed E-state index contributed by atoms with van der Waals surface area (Å²) < 4.78 is 7.17. The molecule has 0 saturated heterocycles. The van der Waals surface area contributed by atoms with Gasteiger partial charge < -0.3 is 4.74 Å². The van der Waals surface area contributed by atoms with Gasteiger partial charge in [-0.05, 0) is 31.9 Å². The molecular formula is C22H20N2O3. The number of hydrogen-bond acceptors (Lipinski definition) is 4. The predicted octanol–water partition coefficient (Wildman–Crippen LogP) is 4.13. The number of ketones is 1. The molecule has 0 N–H and O–H groups in total. The van der Waals surface area contributed by atoms with Crippen molar-refractivity contribution in [3.8, 4) is 16.9 Å². The number of hydrogen-bond donors (Lipinski definition) is 0. The molecule has 1 heterocycles. The quantitative estimate of drug-likeness (QED) is 0.657. The number of aromatic nitrogens is 2. The van der Waals surface area contributed by atoms with Crippen LogP contribution in [0.15, 0.2) is 60.8 Å². The number of rotatable bonds is 4. The van der Waals surface area contributed by atoms with Crippen LogP contribution in [0.25, 0.3) is 16.9 Å². The summed E-state index contributed by atoms with van der Waals surface area (Å²) in [6.07, 6.45) is 2.88. The van der Waals surface area contributed by atoms with E-state index in [-0.39, 0.29) is 5.78 Å². The van der Waals surface area contributed by atoms with Crippen molar-refractivity contribution in [2.24, 2.45) is 0 Å². The van der Waals surface area contributed by atoms with Crippen molar-refractivity contribution in [3.63, 3.8) is 0 Å². The van der Waals surface area contributed by atoms with Crippen molar-refractivity contribution in [2.75, 3.05) is 0 Å². The van der Waals surface area contributed by atoms with Crippen molar-refractivity contribution < 1.29 is 14.3 Å². The van der Waals surface area contributed by atoms with Crippen LogP contribution in [-0.2, 0) is 9.53 Å². The maximum absolute atomic E-state index is 12.8. The maximum atomic E-state index is 12.8. The monoisotopic (exact) mass is 360 g/mol. The van der Waals surface area contributed by atoms with Crippen LogP contribution in [0.3, 0.4) is 0 Å². The van der Waals surface area contributed by atoms with Crippen molar-refractivity contribution in [2.45, 2.75) is 32.3 Å². The number of benzene rings is 2. The van der Waals surface area contributed by atoms with Gasteiger partial charge in [0.25, 0.3) is 0 Å². The molecule has 5 heteroatoms. The predicted molar refractivity (Wildman–Crippen MR) is 102 cm³/mol. The van der Waals surface area contributed by atoms with E-state index in [2.05, 4.69) is 5.10 Å². The zero-order chi connectivity index (χ0) is 18.8. The number of para-hydroxylation sites is 1. The fourth-order valence-corrected chi connectivity index (χ4v) is 3.26. The highest BCUT2D eigenvalue weighted by Gasteiger charge is 2.30. The van der Waals surface area contributed by atoms with Gasteiger partial charge in [0.05, 0.1) is 5.69 Å². The summed E-state index contributed by atoms with van der Waals surface area (Å²) in [5.41, 5.74) is 3.72. The van der Waals surface area contributed by atoms with E-state index in [0.29, 0.717) is 24.1 Å². The number of esters is 1. The van der Waals surface area contributed by atoms with Gasteiger partial charge in [-0.2, -0.15) is 5.10 Å². The standard InChI is InChI=1S/C22H20N2O3/c1-15-10-12-16(13-11-15)21-18(22(26)27-20-9-5-8-19(20)25)14-24(23-21)17-6-3-2-4-7-17/h2-4,6-7,10-14,20H,5,8-9H2,1H3/t20-/m0/s1. The zero-order valence-corrected chi connectivity index (χ0v) is 15.1. The average Bonchev–Trinajstić information content (AvgIpc) is 3.30. The van der Waals surface area contributed by atoms with Crippen LogP contribution in [0.4, 0.5) is 0 Å². The number of carbonyl (C=O) groups excluding carboxylic acids is 2. The molecule has 1 atom stereocenters. The Balaban J connectivity index is 1.73. The van der Waals surface area contributed by atoms with Gasteiger partial charge in [-0.1, -0.05) is 48.0 Å². The highest BCUT2D eigenvalue weighted by atomic mass is 16.5. The number of Topliss-reactive ketones (excluding diaryl/α,β-unsaturated/α-hetero) is 1. The Kier molecular flexibility index (Phi) is 4.59. The minimum Gasteiger partial charge on any atom is -0.451 e. The van der Waals surface area contributed by atoms with Crippen molar-refractivity contribution in [1.82, 2.24) is 9.78 Å². The summed E-state index contributed by atoms with van der Waals surface area (Å²) in [7, 11) is 0. The third-order valence-electron chi connectivity index (χ3n) is 4.78. The summed E-state index contributed by atoms with van der Waals surface area (Å²) in [5, 5.41) is 4.63. The highest BCUT2D eigenvalue weighted by molar-refractivity contribution is 5.98. The van der Waals surface area contributed by atoms with E-state index in [9.17, 15) is 9.59 Å². The summed E-state index contributed by atoms with van der Waals surface area (Å²) >= 11 is 0. The van der Waals surface area contributed by atoms with E-state index in [1.165, 1.54) is 0 Å². The molecule has 0 unspecified atom stereocenters. The van der Waals surface area contributed by atoms with Gasteiger partial charge in [-0.15, -0.1) is 0 Å². The van der Waals surface area contributed by atoms with Crippen LogP contribution >= 0.6 is 0 Å². The Morgan fingerprint density at radius 2 is 1.85 bits per heavy atom. The molecule has 1 aromatic heterocycles. The van der Waals surface area contributed by atoms with Crippen molar-refractivity contribution >= 4 is 11.8 Å². The van der Waals surface area contributed by atoms with E-state index >= 15 is 0 Å². The topological polar surface area (TPSA) is 61.2 Å². The second-order valence-electron chi connectivity index (χ2n) is 6.79. The van der Waals surface area contributed by atoms with Crippen LogP contribution in [0.1, 0.15) is 35.2 Å². The smallest absolute Gasteiger partial charge is 0.342 e. The highest BCUT2D eigenvalue weighted by Crippen LogP contribution is 2.27. The van der Waals surface area contributed by atoms with E-state index in [4.69, 9.17) is 4.74 Å². The van der Waals surface area contributed by atoms with E-state index in [0.717, 1.165) is 23.2 Å². The van der Waals surface area contributed by atoms with Crippen LogP contribution in [0, 0.1) is 6.92 Å². The SMILES string of the molecule is Cc1ccc(-c2nn(-c3ccccc3)cc2C(=O)O[C@H]2CCCC2=O)cc1. The van der Waals surface area contributed by atoms with Gasteiger partial charge in [0, 0.05) is 18.2 Å². The second-order valence-corrected chi connectivity index (χ2v) is 6.79. The Labute approximate surface area is 157 Å². The first-order valence-electron chi connectivity index (χ1n) is 9.07. The van der Waals surface area contributed by atoms with E-state index in [1.807, 2.05) is 61.5 Å². The van der Waals surface area contributed by atoms with E-state index in [1.54, 1.807) is 10.9 Å². The molecule has 136 valence electrons. The largest absolute Gasteiger partial charge is 0.451 e. The molecule has 0 aliphatic heterocycles. The van der Waals surface area contributed by atoms with Crippen LogP contribution in [-0.4, -0.2) is 27.6 Å². The lowest BCUT2D eigenvalue weighted by Crippen LogP contribution is -2.22. The number of carbonyl (C=O) groups is 2. The summed E-state index contributed by atoms with van der Waals surface area (Å²) in [4.78, 5) is 24.7. The van der Waals surface area contributed by atoms with Gasteiger partial charge in [0.2, 0.25) is 0 Å². The Morgan fingerprint density at radius 3 is 2.52 bits per heavy atom. The Hall–Kier alpha value is -3.21. The molecule has 1 aliphatic rings.